The molecule has 0 bridgehead atoms. The van der Waals surface area contributed by atoms with Crippen molar-refractivity contribution in [1.82, 2.24) is 4.72 Å². The van der Waals surface area contributed by atoms with E-state index in [4.69, 9.17) is 5.73 Å². The molecule has 1 aromatic rings. The van der Waals surface area contributed by atoms with Gasteiger partial charge in [-0.25, -0.2) is 13.1 Å². The van der Waals surface area contributed by atoms with E-state index < -0.39 is 10.0 Å². The van der Waals surface area contributed by atoms with Gasteiger partial charge in [-0.3, -0.25) is 0 Å². The molecular weight excluding hydrogens is 294 g/mol. The fraction of sp³-hybridized carbons (Fsp3) is 0.538. The first-order valence-corrected chi connectivity index (χ1v) is 9.11. The van der Waals surface area contributed by atoms with Gasteiger partial charge in [-0.1, -0.05) is 6.92 Å². The van der Waals surface area contributed by atoms with Crippen LogP contribution in [-0.2, 0) is 10.0 Å². The standard InChI is InChI=1S/C13H21N3O2S2/c1-9-10(2)19-7-6-16(9)13-8-11(4-5-12(13)14)20(17,18)15-3/h4-5,8-10,15H,6-7,14H2,1-3H3. The summed E-state index contributed by atoms with van der Waals surface area (Å²) in [6.07, 6.45) is 0. The van der Waals surface area contributed by atoms with Crippen LogP contribution in [0.2, 0.25) is 0 Å². The van der Waals surface area contributed by atoms with Crippen molar-refractivity contribution in [2.45, 2.75) is 30.0 Å². The Morgan fingerprint density at radius 2 is 2.10 bits per heavy atom. The number of hydrogen-bond donors (Lipinski definition) is 2. The SMILES string of the molecule is CNS(=O)(=O)c1ccc(N)c(N2CCSC(C)C2C)c1. The second kappa shape index (κ2) is 5.83. The zero-order valence-corrected chi connectivity index (χ0v) is 13.6. The third kappa shape index (κ3) is 2.89. The first-order valence-electron chi connectivity index (χ1n) is 6.58. The third-order valence-corrected chi connectivity index (χ3v) is 6.52. The summed E-state index contributed by atoms with van der Waals surface area (Å²) in [7, 11) is -2.03. The number of rotatable bonds is 3. The highest BCUT2D eigenvalue weighted by atomic mass is 32.2. The molecule has 0 saturated carbocycles. The monoisotopic (exact) mass is 315 g/mol. The van der Waals surface area contributed by atoms with Crippen LogP contribution in [-0.4, -0.2) is 39.1 Å². The van der Waals surface area contributed by atoms with E-state index in [1.807, 2.05) is 11.8 Å². The number of nitrogens with zero attached hydrogens (tertiary/aromatic N) is 1. The number of thioether (sulfide) groups is 1. The Bertz CT molecular complexity index is 589. The van der Waals surface area contributed by atoms with Gasteiger partial charge < -0.3 is 10.6 Å². The lowest BCUT2D eigenvalue weighted by atomic mass is 10.1. The zero-order valence-electron chi connectivity index (χ0n) is 12.0. The first-order chi connectivity index (χ1) is 9.36. The van der Waals surface area contributed by atoms with Gasteiger partial charge in [-0.2, -0.15) is 11.8 Å². The van der Waals surface area contributed by atoms with Gasteiger partial charge in [0.1, 0.15) is 0 Å². The molecule has 0 radical (unpaired) electrons. The van der Waals surface area contributed by atoms with Crippen LogP contribution in [0.5, 0.6) is 0 Å². The quantitative estimate of drug-likeness (QED) is 0.827. The maximum Gasteiger partial charge on any atom is 0.240 e. The van der Waals surface area contributed by atoms with Crippen molar-refractivity contribution in [3.63, 3.8) is 0 Å². The minimum Gasteiger partial charge on any atom is -0.397 e. The summed E-state index contributed by atoms with van der Waals surface area (Å²) >= 11 is 1.93. The molecule has 7 heteroatoms. The molecule has 5 nitrogen and oxygen atoms in total. The van der Waals surface area contributed by atoms with E-state index in [9.17, 15) is 8.42 Å². The summed E-state index contributed by atoms with van der Waals surface area (Å²) < 4.78 is 26.2. The summed E-state index contributed by atoms with van der Waals surface area (Å²) in [5.74, 6) is 1.02. The van der Waals surface area contributed by atoms with E-state index in [-0.39, 0.29) is 4.90 Å². The van der Waals surface area contributed by atoms with Gasteiger partial charge in [0.15, 0.2) is 0 Å². The Balaban J connectivity index is 2.43. The molecule has 1 aliphatic heterocycles. The van der Waals surface area contributed by atoms with Gasteiger partial charge in [0.05, 0.1) is 16.3 Å². The first kappa shape index (κ1) is 15.5. The number of benzene rings is 1. The van der Waals surface area contributed by atoms with Crippen LogP contribution in [0, 0.1) is 0 Å². The number of nitrogens with two attached hydrogens (primary N) is 1. The van der Waals surface area contributed by atoms with Gasteiger partial charge >= 0.3 is 0 Å². The number of sulfonamides is 1. The average Bonchev–Trinajstić information content (AvgIpc) is 2.42. The van der Waals surface area contributed by atoms with Gasteiger partial charge in [0.2, 0.25) is 10.0 Å². The second-order valence-electron chi connectivity index (χ2n) is 4.94. The van der Waals surface area contributed by atoms with Crippen molar-refractivity contribution >= 4 is 33.2 Å². The summed E-state index contributed by atoms with van der Waals surface area (Å²) in [4.78, 5) is 2.45. The van der Waals surface area contributed by atoms with E-state index in [0.717, 1.165) is 18.0 Å². The number of nitrogen functional groups attached to an aromatic ring is 1. The molecule has 112 valence electrons. The highest BCUT2D eigenvalue weighted by Gasteiger charge is 2.27. The Morgan fingerprint density at radius 3 is 2.75 bits per heavy atom. The van der Waals surface area contributed by atoms with Crippen LogP contribution in [0.1, 0.15) is 13.8 Å². The molecule has 0 spiro atoms. The predicted octanol–water partition coefficient (Wildman–Crippen LogP) is 1.51. The lowest BCUT2D eigenvalue weighted by Gasteiger charge is -2.39. The molecule has 1 fully saturated rings. The lowest BCUT2D eigenvalue weighted by molar-refractivity contribution is 0.588. The lowest BCUT2D eigenvalue weighted by Crippen LogP contribution is -2.45. The van der Waals surface area contributed by atoms with E-state index in [1.165, 1.54) is 13.1 Å². The van der Waals surface area contributed by atoms with Gasteiger partial charge in [-0.05, 0) is 32.2 Å². The van der Waals surface area contributed by atoms with Crippen LogP contribution in [0.15, 0.2) is 23.1 Å². The van der Waals surface area contributed by atoms with Crippen LogP contribution in [0.25, 0.3) is 0 Å². The van der Waals surface area contributed by atoms with E-state index in [2.05, 4.69) is 23.5 Å². The summed E-state index contributed by atoms with van der Waals surface area (Å²) in [5, 5.41) is 0.493. The maximum atomic E-state index is 11.9. The molecule has 1 aliphatic rings. The summed E-state index contributed by atoms with van der Waals surface area (Å²) in [5.41, 5.74) is 7.47. The van der Waals surface area contributed by atoms with E-state index in [0.29, 0.717) is 17.0 Å². The Labute approximate surface area is 125 Å². The Morgan fingerprint density at radius 1 is 1.40 bits per heavy atom. The largest absolute Gasteiger partial charge is 0.397 e. The van der Waals surface area contributed by atoms with E-state index in [1.54, 1.807) is 12.1 Å². The van der Waals surface area contributed by atoms with Crippen molar-refractivity contribution in [2.75, 3.05) is 30.0 Å². The Kier molecular flexibility index (Phi) is 4.51. The highest BCUT2D eigenvalue weighted by Crippen LogP contribution is 2.33. The van der Waals surface area contributed by atoms with Crippen molar-refractivity contribution in [1.29, 1.82) is 0 Å². The van der Waals surface area contributed by atoms with Crippen molar-refractivity contribution < 1.29 is 8.42 Å². The molecule has 0 aromatic heterocycles. The van der Waals surface area contributed by atoms with Crippen molar-refractivity contribution in [2.24, 2.45) is 0 Å². The topological polar surface area (TPSA) is 75.4 Å². The molecule has 20 heavy (non-hydrogen) atoms. The fourth-order valence-corrected chi connectivity index (χ4v) is 4.18. The minimum atomic E-state index is -3.44. The Hall–Kier alpha value is -0.920. The third-order valence-electron chi connectivity index (χ3n) is 3.77. The molecule has 0 amide bonds. The number of nitrogens with one attached hydrogen (secondary N) is 1. The molecule has 1 heterocycles. The minimum absolute atomic E-state index is 0.252. The highest BCUT2D eigenvalue weighted by molar-refractivity contribution is 8.00. The van der Waals surface area contributed by atoms with Crippen molar-refractivity contribution in [3.05, 3.63) is 18.2 Å². The molecule has 2 unspecified atom stereocenters. The zero-order chi connectivity index (χ0) is 14.9. The predicted molar refractivity (Wildman–Crippen MR) is 85.8 cm³/mol. The fourth-order valence-electron chi connectivity index (χ4n) is 2.33. The summed E-state index contributed by atoms with van der Waals surface area (Å²) in [6.45, 7) is 5.21. The van der Waals surface area contributed by atoms with Crippen LogP contribution >= 0.6 is 11.8 Å². The molecular formula is C13H21N3O2S2. The molecule has 2 rings (SSSR count). The van der Waals surface area contributed by atoms with Crippen LogP contribution in [0.3, 0.4) is 0 Å². The number of anilines is 2. The molecule has 3 N–H and O–H groups in total. The molecule has 1 saturated heterocycles. The molecule has 1 aromatic carbocycles. The summed E-state index contributed by atoms with van der Waals surface area (Å²) in [6, 6.07) is 5.19. The molecule has 0 aliphatic carbocycles. The van der Waals surface area contributed by atoms with Crippen LogP contribution in [0.4, 0.5) is 11.4 Å². The second-order valence-corrected chi connectivity index (χ2v) is 8.31. The molecule has 2 atom stereocenters. The maximum absolute atomic E-state index is 11.9. The van der Waals surface area contributed by atoms with Crippen molar-refractivity contribution in [3.8, 4) is 0 Å². The van der Waals surface area contributed by atoms with Gasteiger partial charge in [0, 0.05) is 23.6 Å². The van der Waals surface area contributed by atoms with E-state index >= 15 is 0 Å². The smallest absolute Gasteiger partial charge is 0.240 e. The average molecular weight is 315 g/mol. The van der Waals surface area contributed by atoms with Gasteiger partial charge in [-0.15, -0.1) is 0 Å². The van der Waals surface area contributed by atoms with Crippen LogP contribution < -0.4 is 15.4 Å². The van der Waals surface area contributed by atoms with Gasteiger partial charge in [0.25, 0.3) is 0 Å². The normalized spacial score (nSPS) is 23.9. The number of hydrogen-bond acceptors (Lipinski definition) is 5.